The van der Waals surface area contributed by atoms with Gasteiger partial charge in [-0.15, -0.1) is 0 Å². The van der Waals surface area contributed by atoms with E-state index in [2.05, 4.69) is 34.3 Å². The first kappa shape index (κ1) is 15.6. The van der Waals surface area contributed by atoms with E-state index in [1.807, 2.05) is 31.4 Å². The summed E-state index contributed by atoms with van der Waals surface area (Å²) in [7, 11) is 0. The lowest BCUT2D eigenvalue weighted by Gasteiger charge is -2.09. The van der Waals surface area contributed by atoms with Crippen LogP contribution in [0.1, 0.15) is 25.8 Å². The Morgan fingerprint density at radius 2 is 1.90 bits per heavy atom. The van der Waals surface area contributed by atoms with E-state index in [4.69, 9.17) is 4.74 Å². The van der Waals surface area contributed by atoms with Crippen molar-refractivity contribution < 1.29 is 4.74 Å². The molecule has 1 aromatic heterocycles. The maximum atomic E-state index is 5.84. The zero-order valence-corrected chi connectivity index (χ0v) is 13.5. The van der Waals surface area contributed by atoms with Gasteiger partial charge in [-0.3, -0.25) is 0 Å². The third-order valence-electron chi connectivity index (χ3n) is 2.91. The molecule has 0 saturated carbocycles. The van der Waals surface area contributed by atoms with Crippen molar-refractivity contribution in [2.45, 2.75) is 31.8 Å². The lowest BCUT2D eigenvalue weighted by Crippen LogP contribution is -2.02. The first-order valence-electron chi connectivity index (χ1n) is 7.19. The highest BCUT2D eigenvalue weighted by Crippen LogP contribution is 2.24. The van der Waals surface area contributed by atoms with Crippen molar-refractivity contribution in [2.24, 2.45) is 0 Å². The molecule has 0 aliphatic rings. The number of anilines is 1. The van der Waals surface area contributed by atoms with Crippen molar-refractivity contribution in [3.05, 3.63) is 35.9 Å². The number of hydrogen-bond acceptors (Lipinski definition) is 5. The van der Waals surface area contributed by atoms with E-state index in [-0.39, 0.29) is 0 Å². The molecule has 1 heterocycles. The zero-order valence-electron chi connectivity index (χ0n) is 12.7. The number of aromatic nitrogens is 2. The van der Waals surface area contributed by atoms with E-state index >= 15 is 0 Å². The second kappa shape index (κ2) is 7.88. The number of hydrogen-bond donors (Lipinski definition) is 1. The molecule has 1 aromatic carbocycles. The van der Waals surface area contributed by atoms with Crippen LogP contribution in [0.2, 0.25) is 0 Å². The molecule has 2 rings (SSSR count). The van der Waals surface area contributed by atoms with Gasteiger partial charge in [-0.05, 0) is 37.3 Å². The second-order valence-electron chi connectivity index (χ2n) is 4.60. The van der Waals surface area contributed by atoms with Gasteiger partial charge in [-0.25, -0.2) is 4.98 Å². The monoisotopic (exact) mass is 303 g/mol. The quantitative estimate of drug-likeness (QED) is 0.607. The van der Waals surface area contributed by atoms with E-state index in [0.717, 1.165) is 31.0 Å². The van der Waals surface area contributed by atoms with E-state index < -0.39 is 0 Å². The van der Waals surface area contributed by atoms with Gasteiger partial charge in [0, 0.05) is 12.6 Å². The van der Waals surface area contributed by atoms with Gasteiger partial charge >= 0.3 is 0 Å². The molecule has 1 N–H and O–H groups in total. The molecule has 0 bridgehead atoms. The van der Waals surface area contributed by atoms with E-state index in [9.17, 15) is 0 Å². The Morgan fingerprint density at radius 3 is 2.52 bits per heavy atom. The lowest BCUT2D eigenvalue weighted by molar-refractivity contribution is 0.456. The van der Waals surface area contributed by atoms with Crippen LogP contribution in [0.3, 0.4) is 0 Å². The molecule has 0 aliphatic heterocycles. The summed E-state index contributed by atoms with van der Waals surface area (Å²) in [6.07, 6.45) is 4.19. The minimum atomic E-state index is 0.563. The Balaban J connectivity index is 2.15. The minimum Gasteiger partial charge on any atom is -0.439 e. The maximum absolute atomic E-state index is 5.84. The van der Waals surface area contributed by atoms with Crippen molar-refractivity contribution in [3.63, 3.8) is 0 Å². The number of aryl methyl sites for hydroxylation is 1. The molecule has 0 radical (unpaired) electrons. The average molecular weight is 303 g/mol. The molecular formula is C16H21N3OS. The number of nitrogens with zero attached hydrogens (tertiary/aromatic N) is 2. The molecule has 0 aliphatic carbocycles. The molecule has 0 unspecified atom stereocenters. The van der Waals surface area contributed by atoms with E-state index in [1.165, 1.54) is 17.3 Å². The largest absolute Gasteiger partial charge is 0.439 e. The number of nitrogens with one attached hydrogen (secondary N) is 1. The van der Waals surface area contributed by atoms with Gasteiger partial charge in [-0.1, -0.05) is 37.2 Å². The number of benzene rings is 1. The summed E-state index contributed by atoms with van der Waals surface area (Å²) in [5.74, 6) is 2.14. The van der Waals surface area contributed by atoms with Crippen LogP contribution in [0.5, 0.6) is 11.6 Å². The standard InChI is InChI=1S/C16H21N3OS/c1-4-6-12-7-9-13(10-8-12)20-15-11-14(17-5-2)18-16(19-15)21-3/h7-11H,4-6H2,1-3H3,(H,17,18,19). The zero-order chi connectivity index (χ0) is 15.1. The Hall–Kier alpha value is -1.75. The van der Waals surface area contributed by atoms with Gasteiger partial charge in [0.15, 0.2) is 5.16 Å². The van der Waals surface area contributed by atoms with Crippen molar-refractivity contribution in [1.29, 1.82) is 0 Å². The first-order chi connectivity index (χ1) is 10.2. The van der Waals surface area contributed by atoms with Crippen molar-refractivity contribution in [1.82, 2.24) is 9.97 Å². The van der Waals surface area contributed by atoms with Crippen molar-refractivity contribution in [2.75, 3.05) is 18.1 Å². The highest BCUT2D eigenvalue weighted by atomic mass is 32.2. The van der Waals surface area contributed by atoms with Crippen molar-refractivity contribution >= 4 is 17.6 Å². The van der Waals surface area contributed by atoms with Crippen LogP contribution in [0.15, 0.2) is 35.5 Å². The van der Waals surface area contributed by atoms with Crippen molar-refractivity contribution in [3.8, 4) is 11.6 Å². The number of ether oxygens (including phenoxy) is 1. The summed E-state index contributed by atoms with van der Waals surface area (Å²) >= 11 is 1.50. The highest BCUT2D eigenvalue weighted by molar-refractivity contribution is 7.98. The normalized spacial score (nSPS) is 10.4. The fraction of sp³-hybridized carbons (Fsp3) is 0.375. The fourth-order valence-corrected chi connectivity index (χ4v) is 2.32. The summed E-state index contributed by atoms with van der Waals surface area (Å²) in [5.41, 5.74) is 1.32. The average Bonchev–Trinajstić information content (AvgIpc) is 2.49. The third kappa shape index (κ3) is 4.63. The topological polar surface area (TPSA) is 47.0 Å². The molecule has 21 heavy (non-hydrogen) atoms. The maximum Gasteiger partial charge on any atom is 0.225 e. The van der Waals surface area contributed by atoms with E-state index in [0.29, 0.717) is 11.0 Å². The molecule has 2 aromatic rings. The van der Waals surface area contributed by atoms with Crippen LogP contribution in [0.4, 0.5) is 5.82 Å². The predicted octanol–water partition coefficient (Wildman–Crippen LogP) is 4.38. The third-order valence-corrected chi connectivity index (χ3v) is 3.45. The Labute approximate surface area is 130 Å². The molecule has 0 fully saturated rings. The number of thioether (sulfide) groups is 1. The molecular weight excluding hydrogens is 282 g/mol. The molecule has 0 saturated heterocycles. The highest BCUT2D eigenvalue weighted by Gasteiger charge is 2.06. The summed E-state index contributed by atoms with van der Waals surface area (Å²) in [5, 5.41) is 3.89. The summed E-state index contributed by atoms with van der Waals surface area (Å²) in [4.78, 5) is 8.76. The van der Waals surface area contributed by atoms with Gasteiger partial charge in [0.1, 0.15) is 11.6 Å². The van der Waals surface area contributed by atoms with Gasteiger partial charge < -0.3 is 10.1 Å². The molecule has 112 valence electrons. The van der Waals surface area contributed by atoms with Crippen LogP contribution in [0.25, 0.3) is 0 Å². The Kier molecular flexibility index (Phi) is 5.87. The SMILES string of the molecule is CCCc1ccc(Oc2cc(NCC)nc(SC)n2)cc1. The van der Waals surface area contributed by atoms with Crippen LogP contribution >= 0.6 is 11.8 Å². The van der Waals surface area contributed by atoms with Crippen LogP contribution in [-0.4, -0.2) is 22.8 Å². The predicted molar refractivity (Wildman–Crippen MR) is 88.5 cm³/mol. The minimum absolute atomic E-state index is 0.563. The Morgan fingerprint density at radius 1 is 1.14 bits per heavy atom. The second-order valence-corrected chi connectivity index (χ2v) is 5.38. The lowest BCUT2D eigenvalue weighted by atomic mass is 10.1. The van der Waals surface area contributed by atoms with Crippen LogP contribution in [0, 0.1) is 0 Å². The summed E-state index contributed by atoms with van der Waals surface area (Å²) in [6, 6.07) is 9.99. The molecule has 5 heteroatoms. The van der Waals surface area contributed by atoms with E-state index in [1.54, 1.807) is 0 Å². The van der Waals surface area contributed by atoms with Gasteiger partial charge in [0.25, 0.3) is 0 Å². The molecule has 0 atom stereocenters. The van der Waals surface area contributed by atoms with Crippen LogP contribution in [-0.2, 0) is 6.42 Å². The summed E-state index contributed by atoms with van der Waals surface area (Å²) in [6.45, 7) is 5.03. The first-order valence-corrected chi connectivity index (χ1v) is 8.41. The molecule has 4 nitrogen and oxygen atoms in total. The Bertz CT molecular complexity index is 572. The van der Waals surface area contributed by atoms with Gasteiger partial charge in [0.05, 0.1) is 0 Å². The number of rotatable bonds is 7. The summed E-state index contributed by atoms with van der Waals surface area (Å²) < 4.78 is 5.84. The molecule has 0 spiro atoms. The van der Waals surface area contributed by atoms with Crippen LogP contribution < -0.4 is 10.1 Å². The molecule has 0 amide bonds. The van der Waals surface area contributed by atoms with Gasteiger partial charge in [-0.2, -0.15) is 4.98 Å². The fourth-order valence-electron chi connectivity index (χ4n) is 1.95. The smallest absolute Gasteiger partial charge is 0.225 e. The van der Waals surface area contributed by atoms with Gasteiger partial charge in [0.2, 0.25) is 5.88 Å².